The monoisotopic (exact) mass is 491 g/mol. The van der Waals surface area contributed by atoms with Crippen molar-refractivity contribution in [3.8, 4) is 11.5 Å². The SMILES string of the molecule is COc1ccc(OC)c2sc(N(Cc3ccco3)C(=O)c3ccc(N4C(=O)CCC4=O)cc3)nc12. The minimum absolute atomic E-state index is 0.154. The highest BCUT2D eigenvalue weighted by Gasteiger charge is 2.31. The zero-order chi connectivity index (χ0) is 24.5. The number of thiazole rings is 1. The predicted molar refractivity (Wildman–Crippen MR) is 130 cm³/mol. The Balaban J connectivity index is 1.53. The Morgan fingerprint density at radius 3 is 2.34 bits per heavy atom. The fourth-order valence-corrected chi connectivity index (χ4v) is 5.02. The molecule has 1 saturated heterocycles. The van der Waals surface area contributed by atoms with E-state index in [1.807, 2.05) is 0 Å². The number of methoxy groups -OCH3 is 2. The highest BCUT2D eigenvalue weighted by molar-refractivity contribution is 7.22. The number of fused-ring (bicyclic) bond motifs is 1. The van der Waals surface area contributed by atoms with E-state index in [2.05, 4.69) is 0 Å². The normalized spacial score (nSPS) is 13.5. The van der Waals surface area contributed by atoms with E-state index in [1.165, 1.54) is 16.2 Å². The van der Waals surface area contributed by atoms with E-state index in [4.69, 9.17) is 18.9 Å². The molecule has 0 radical (unpaired) electrons. The van der Waals surface area contributed by atoms with Gasteiger partial charge in [0.15, 0.2) is 5.13 Å². The lowest BCUT2D eigenvalue weighted by Crippen LogP contribution is -2.31. The first-order chi connectivity index (χ1) is 17.0. The van der Waals surface area contributed by atoms with E-state index in [1.54, 1.807) is 69.0 Å². The molecule has 5 rings (SSSR count). The van der Waals surface area contributed by atoms with Crippen LogP contribution in [0.15, 0.2) is 59.2 Å². The number of hydrogen-bond donors (Lipinski definition) is 0. The lowest BCUT2D eigenvalue weighted by Gasteiger charge is -2.19. The number of ether oxygens (including phenoxy) is 2. The number of carbonyl (C=O) groups excluding carboxylic acids is 3. The Labute approximate surface area is 204 Å². The maximum absolute atomic E-state index is 13.7. The number of hydrogen-bond acceptors (Lipinski definition) is 8. The Bertz CT molecular complexity index is 1350. The number of benzene rings is 2. The molecule has 4 aromatic rings. The van der Waals surface area contributed by atoms with E-state index in [-0.39, 0.29) is 37.1 Å². The van der Waals surface area contributed by atoms with Gasteiger partial charge in [0.2, 0.25) is 11.8 Å². The van der Waals surface area contributed by atoms with Gasteiger partial charge in [0.05, 0.1) is 32.7 Å². The van der Waals surface area contributed by atoms with Crippen molar-refractivity contribution in [1.82, 2.24) is 4.98 Å². The molecule has 3 amide bonds. The van der Waals surface area contributed by atoms with Crippen molar-refractivity contribution in [2.45, 2.75) is 19.4 Å². The molecule has 0 atom stereocenters. The van der Waals surface area contributed by atoms with Crippen LogP contribution in [-0.2, 0) is 16.1 Å². The van der Waals surface area contributed by atoms with Gasteiger partial charge in [-0.1, -0.05) is 11.3 Å². The average molecular weight is 492 g/mol. The molecule has 0 saturated carbocycles. The van der Waals surface area contributed by atoms with Crippen LogP contribution < -0.4 is 19.3 Å². The summed E-state index contributed by atoms with van der Waals surface area (Å²) in [6, 6.07) is 13.5. The molecule has 2 aromatic heterocycles. The summed E-state index contributed by atoms with van der Waals surface area (Å²) in [6.07, 6.45) is 1.93. The molecule has 2 aromatic carbocycles. The lowest BCUT2D eigenvalue weighted by molar-refractivity contribution is -0.121. The molecule has 9 nitrogen and oxygen atoms in total. The third kappa shape index (κ3) is 4.12. The molecule has 1 aliphatic heterocycles. The van der Waals surface area contributed by atoms with Crippen molar-refractivity contribution in [3.05, 3.63) is 66.1 Å². The molecule has 0 spiro atoms. The van der Waals surface area contributed by atoms with Gasteiger partial charge in [-0.25, -0.2) is 4.98 Å². The Morgan fingerprint density at radius 1 is 1.03 bits per heavy atom. The number of rotatable bonds is 7. The Hall–Kier alpha value is -4.18. The smallest absolute Gasteiger partial charge is 0.260 e. The molecule has 10 heteroatoms. The number of aromatic nitrogens is 1. The summed E-state index contributed by atoms with van der Waals surface area (Å²) in [5.41, 5.74) is 1.41. The second-order valence-electron chi connectivity index (χ2n) is 7.78. The predicted octanol–water partition coefficient (Wildman–Crippen LogP) is 4.41. The van der Waals surface area contributed by atoms with E-state index in [0.717, 1.165) is 9.60 Å². The Morgan fingerprint density at radius 2 is 1.71 bits per heavy atom. The number of imide groups is 1. The Kier molecular flexibility index (Phi) is 5.96. The quantitative estimate of drug-likeness (QED) is 0.353. The first-order valence-corrected chi connectivity index (χ1v) is 11.6. The number of carbonyl (C=O) groups is 3. The summed E-state index contributed by atoms with van der Waals surface area (Å²) in [5.74, 6) is 0.972. The molecule has 178 valence electrons. The van der Waals surface area contributed by atoms with Gasteiger partial charge in [-0.05, 0) is 48.5 Å². The zero-order valence-corrected chi connectivity index (χ0v) is 19.8. The van der Waals surface area contributed by atoms with Crippen molar-refractivity contribution >= 4 is 50.1 Å². The molecule has 35 heavy (non-hydrogen) atoms. The highest BCUT2D eigenvalue weighted by atomic mass is 32.1. The summed E-state index contributed by atoms with van der Waals surface area (Å²) < 4.78 is 17.2. The standard InChI is InChI=1S/C25H21N3O6S/c1-32-18-9-10-19(33-2)23-22(18)26-25(35-23)27(14-17-4-3-13-34-17)24(31)15-5-7-16(8-6-15)28-20(29)11-12-21(28)30/h3-10,13H,11-12,14H2,1-2H3. The maximum atomic E-state index is 13.7. The maximum Gasteiger partial charge on any atom is 0.260 e. The molecule has 0 N–H and O–H groups in total. The van der Waals surface area contributed by atoms with Gasteiger partial charge in [-0.2, -0.15) is 0 Å². The van der Waals surface area contributed by atoms with Gasteiger partial charge >= 0.3 is 0 Å². The molecular formula is C25H21N3O6S. The molecular weight excluding hydrogens is 470 g/mol. The van der Waals surface area contributed by atoms with E-state index < -0.39 is 0 Å². The van der Waals surface area contributed by atoms with Crippen molar-refractivity contribution < 1.29 is 28.3 Å². The summed E-state index contributed by atoms with van der Waals surface area (Å²) in [7, 11) is 3.13. The van der Waals surface area contributed by atoms with E-state index in [0.29, 0.717) is 39.2 Å². The van der Waals surface area contributed by atoms with Crippen LogP contribution >= 0.6 is 11.3 Å². The molecule has 0 aliphatic carbocycles. The number of amides is 3. The van der Waals surface area contributed by atoms with Gasteiger partial charge in [0.25, 0.3) is 5.91 Å². The first kappa shape index (κ1) is 22.6. The van der Waals surface area contributed by atoms with Gasteiger partial charge in [0.1, 0.15) is 27.5 Å². The second-order valence-corrected chi connectivity index (χ2v) is 8.76. The molecule has 0 bridgehead atoms. The summed E-state index contributed by atoms with van der Waals surface area (Å²) in [4.78, 5) is 45.1. The van der Waals surface area contributed by atoms with Crippen LogP contribution in [0.4, 0.5) is 10.8 Å². The number of furan rings is 1. The molecule has 0 unspecified atom stereocenters. The summed E-state index contributed by atoms with van der Waals surface area (Å²) in [5, 5.41) is 0.443. The topological polar surface area (TPSA) is 102 Å². The molecule has 1 fully saturated rings. The van der Waals surface area contributed by atoms with Crippen LogP contribution in [0.3, 0.4) is 0 Å². The minimum Gasteiger partial charge on any atom is -0.495 e. The van der Waals surface area contributed by atoms with E-state index >= 15 is 0 Å². The van der Waals surface area contributed by atoms with Crippen molar-refractivity contribution in [3.63, 3.8) is 0 Å². The van der Waals surface area contributed by atoms with Gasteiger partial charge in [0, 0.05) is 18.4 Å². The van der Waals surface area contributed by atoms with Gasteiger partial charge in [-0.3, -0.25) is 24.2 Å². The van der Waals surface area contributed by atoms with Crippen LogP contribution in [0.1, 0.15) is 29.0 Å². The summed E-state index contributed by atoms with van der Waals surface area (Å²) >= 11 is 1.30. The number of anilines is 2. The largest absolute Gasteiger partial charge is 0.495 e. The number of nitrogens with zero attached hydrogens (tertiary/aromatic N) is 3. The van der Waals surface area contributed by atoms with Crippen molar-refractivity contribution in [2.75, 3.05) is 24.0 Å². The van der Waals surface area contributed by atoms with Crippen LogP contribution in [0.5, 0.6) is 11.5 Å². The third-order valence-corrected chi connectivity index (χ3v) is 6.79. The minimum atomic E-state index is -0.316. The third-order valence-electron chi connectivity index (χ3n) is 5.69. The fourth-order valence-electron chi connectivity index (χ4n) is 3.95. The molecule has 3 heterocycles. The summed E-state index contributed by atoms with van der Waals surface area (Å²) in [6.45, 7) is 0.154. The van der Waals surface area contributed by atoms with Crippen LogP contribution in [-0.4, -0.2) is 36.9 Å². The fraction of sp³-hybridized carbons (Fsp3) is 0.200. The van der Waals surface area contributed by atoms with Crippen molar-refractivity contribution in [1.29, 1.82) is 0 Å². The average Bonchev–Trinajstić information content (AvgIpc) is 3.62. The lowest BCUT2D eigenvalue weighted by atomic mass is 10.1. The second kappa shape index (κ2) is 9.22. The van der Waals surface area contributed by atoms with Gasteiger partial charge in [-0.15, -0.1) is 0 Å². The van der Waals surface area contributed by atoms with Crippen LogP contribution in [0.25, 0.3) is 10.2 Å². The highest BCUT2D eigenvalue weighted by Crippen LogP contribution is 2.40. The molecule has 1 aliphatic rings. The van der Waals surface area contributed by atoms with Crippen LogP contribution in [0, 0.1) is 0 Å². The van der Waals surface area contributed by atoms with Crippen LogP contribution in [0.2, 0.25) is 0 Å². The van der Waals surface area contributed by atoms with E-state index in [9.17, 15) is 14.4 Å². The first-order valence-electron chi connectivity index (χ1n) is 10.8. The zero-order valence-electron chi connectivity index (χ0n) is 19.0. The van der Waals surface area contributed by atoms with Gasteiger partial charge < -0.3 is 13.9 Å². The van der Waals surface area contributed by atoms with Crippen molar-refractivity contribution in [2.24, 2.45) is 0 Å².